The summed E-state index contributed by atoms with van der Waals surface area (Å²) < 4.78 is 11.8. The summed E-state index contributed by atoms with van der Waals surface area (Å²) in [6, 6.07) is 7.89. The van der Waals surface area contributed by atoms with Gasteiger partial charge < -0.3 is 24.7 Å². The summed E-state index contributed by atoms with van der Waals surface area (Å²) in [4.78, 5) is 36.0. The van der Waals surface area contributed by atoms with Gasteiger partial charge in [0.1, 0.15) is 5.69 Å². The predicted molar refractivity (Wildman–Crippen MR) is 89.4 cm³/mol. The zero-order chi connectivity index (χ0) is 18.0. The van der Waals surface area contributed by atoms with E-state index in [1.165, 1.54) is 10.6 Å². The quantitative estimate of drug-likeness (QED) is 0.808. The van der Waals surface area contributed by atoms with E-state index in [1.54, 1.807) is 44.4 Å². The Morgan fingerprint density at radius 1 is 1.16 bits per heavy atom. The monoisotopic (exact) mass is 343 g/mol. The molecule has 25 heavy (non-hydrogen) atoms. The lowest BCUT2D eigenvalue weighted by Gasteiger charge is -2.14. The molecule has 1 aromatic carbocycles. The highest BCUT2D eigenvalue weighted by molar-refractivity contribution is 6.39. The van der Waals surface area contributed by atoms with Gasteiger partial charge in [0, 0.05) is 13.2 Å². The maximum atomic E-state index is 12.1. The van der Waals surface area contributed by atoms with Crippen LogP contribution in [0.1, 0.15) is 18.5 Å². The van der Waals surface area contributed by atoms with Gasteiger partial charge in [-0.2, -0.15) is 0 Å². The highest BCUT2D eigenvalue weighted by atomic mass is 16.7. The number of ether oxygens (including phenoxy) is 2. The number of amides is 2. The second-order valence-corrected chi connectivity index (χ2v) is 5.60. The number of hydrogen-bond donors (Lipinski definition) is 2. The van der Waals surface area contributed by atoms with E-state index in [2.05, 4.69) is 10.6 Å². The fraction of sp³-hybridized carbons (Fsp3) is 0.235. The summed E-state index contributed by atoms with van der Waals surface area (Å²) in [6.07, 6.45) is 1.56. The Bertz CT molecular complexity index is 890. The Hall–Kier alpha value is -3.29. The average Bonchev–Trinajstić information content (AvgIpc) is 3.06. The van der Waals surface area contributed by atoms with Gasteiger partial charge in [-0.25, -0.2) is 0 Å². The van der Waals surface area contributed by atoms with Crippen LogP contribution in [0.25, 0.3) is 0 Å². The van der Waals surface area contributed by atoms with Crippen molar-refractivity contribution in [1.82, 2.24) is 9.88 Å². The van der Waals surface area contributed by atoms with Crippen LogP contribution in [0.15, 0.2) is 41.3 Å². The van der Waals surface area contributed by atoms with Crippen LogP contribution < -0.4 is 25.7 Å². The predicted octanol–water partition coefficient (Wildman–Crippen LogP) is 0.930. The minimum Gasteiger partial charge on any atom is -0.454 e. The van der Waals surface area contributed by atoms with E-state index in [0.29, 0.717) is 11.5 Å². The summed E-state index contributed by atoms with van der Waals surface area (Å²) in [7, 11) is 1.56. The first-order chi connectivity index (χ1) is 12.0. The van der Waals surface area contributed by atoms with Crippen molar-refractivity contribution in [2.75, 3.05) is 12.1 Å². The van der Waals surface area contributed by atoms with Gasteiger partial charge in [-0.05, 0) is 36.8 Å². The number of carbonyl (C=O) groups excluding carboxylic acids is 2. The molecule has 2 N–H and O–H groups in total. The first kappa shape index (κ1) is 16.6. The number of aromatic nitrogens is 1. The zero-order valence-electron chi connectivity index (χ0n) is 13.7. The number of pyridine rings is 1. The third-order valence-electron chi connectivity index (χ3n) is 3.82. The van der Waals surface area contributed by atoms with Crippen LogP contribution in [0.2, 0.25) is 0 Å². The van der Waals surface area contributed by atoms with E-state index in [-0.39, 0.29) is 12.5 Å². The first-order valence-electron chi connectivity index (χ1n) is 7.63. The second kappa shape index (κ2) is 6.68. The lowest BCUT2D eigenvalue weighted by molar-refractivity contribution is -0.136. The van der Waals surface area contributed by atoms with E-state index in [1.807, 2.05) is 0 Å². The topological polar surface area (TPSA) is 98.7 Å². The molecule has 0 unspecified atom stereocenters. The lowest BCUT2D eigenvalue weighted by atomic mass is 10.1. The molecule has 1 aliphatic rings. The molecule has 8 nitrogen and oxygen atoms in total. The van der Waals surface area contributed by atoms with Crippen LogP contribution in [-0.2, 0) is 16.6 Å². The van der Waals surface area contributed by atoms with E-state index < -0.39 is 23.4 Å². The molecule has 1 atom stereocenters. The SMILES string of the molecule is C[C@H](NC(=O)C(=O)Nc1cccn(C)c1=O)c1ccc2c(c1)OCO2. The van der Waals surface area contributed by atoms with Crippen LogP contribution in [-0.4, -0.2) is 23.2 Å². The molecule has 0 saturated heterocycles. The normalized spacial score (nSPS) is 13.2. The fourth-order valence-corrected chi connectivity index (χ4v) is 2.40. The van der Waals surface area contributed by atoms with Crippen molar-refractivity contribution in [3.05, 3.63) is 52.4 Å². The molecule has 2 aromatic rings. The number of anilines is 1. The molecule has 3 rings (SSSR count). The summed E-state index contributed by atoms with van der Waals surface area (Å²) in [5.41, 5.74) is 0.411. The Labute approximate surface area is 143 Å². The number of hydrogen-bond acceptors (Lipinski definition) is 5. The van der Waals surface area contributed by atoms with Crippen molar-refractivity contribution in [2.24, 2.45) is 7.05 Å². The van der Waals surface area contributed by atoms with Gasteiger partial charge in [0.2, 0.25) is 6.79 Å². The molecule has 0 spiro atoms. The smallest absolute Gasteiger partial charge is 0.313 e. The standard InChI is InChI=1S/C17H17N3O5/c1-10(11-5-6-13-14(8-11)25-9-24-13)18-15(21)16(22)19-12-4-3-7-20(2)17(12)23/h3-8,10H,9H2,1-2H3,(H,18,21)(H,19,22)/t10-/m0/s1. The van der Waals surface area contributed by atoms with Crippen molar-refractivity contribution in [2.45, 2.75) is 13.0 Å². The molecule has 1 aliphatic heterocycles. The molecule has 0 aliphatic carbocycles. The molecule has 8 heteroatoms. The number of rotatable bonds is 3. The van der Waals surface area contributed by atoms with Gasteiger partial charge >= 0.3 is 11.8 Å². The van der Waals surface area contributed by atoms with E-state index in [4.69, 9.17) is 9.47 Å². The Kier molecular flexibility index (Phi) is 4.42. The van der Waals surface area contributed by atoms with E-state index in [0.717, 1.165) is 5.56 Å². The fourth-order valence-electron chi connectivity index (χ4n) is 2.40. The number of nitrogens with zero attached hydrogens (tertiary/aromatic N) is 1. The van der Waals surface area contributed by atoms with Crippen LogP contribution in [0.3, 0.4) is 0 Å². The molecule has 2 amide bonds. The largest absolute Gasteiger partial charge is 0.454 e. The molecular formula is C17H17N3O5. The van der Waals surface area contributed by atoms with Crippen LogP contribution in [0, 0.1) is 0 Å². The van der Waals surface area contributed by atoms with Crippen molar-refractivity contribution >= 4 is 17.5 Å². The molecule has 0 saturated carbocycles. The zero-order valence-corrected chi connectivity index (χ0v) is 13.7. The second-order valence-electron chi connectivity index (χ2n) is 5.60. The van der Waals surface area contributed by atoms with Gasteiger partial charge in [0.15, 0.2) is 11.5 Å². The minimum absolute atomic E-state index is 0.0425. The number of benzene rings is 1. The highest BCUT2D eigenvalue weighted by Gasteiger charge is 2.20. The molecule has 0 fully saturated rings. The van der Waals surface area contributed by atoms with Gasteiger partial charge in [0.25, 0.3) is 5.56 Å². The summed E-state index contributed by atoms with van der Waals surface area (Å²) >= 11 is 0. The Morgan fingerprint density at radius 2 is 1.92 bits per heavy atom. The van der Waals surface area contributed by atoms with E-state index >= 15 is 0 Å². The summed E-state index contributed by atoms with van der Waals surface area (Å²) in [5.74, 6) is -0.511. The lowest BCUT2D eigenvalue weighted by Crippen LogP contribution is -2.38. The molecule has 2 heterocycles. The minimum atomic E-state index is -0.907. The van der Waals surface area contributed by atoms with E-state index in [9.17, 15) is 14.4 Å². The number of fused-ring (bicyclic) bond motifs is 1. The molecule has 0 bridgehead atoms. The van der Waals surface area contributed by atoms with Crippen molar-refractivity contribution in [3.63, 3.8) is 0 Å². The number of nitrogens with one attached hydrogen (secondary N) is 2. The molecule has 0 radical (unpaired) electrons. The van der Waals surface area contributed by atoms with Gasteiger partial charge in [0.05, 0.1) is 6.04 Å². The number of carbonyl (C=O) groups is 2. The molecule has 1 aromatic heterocycles. The van der Waals surface area contributed by atoms with Crippen LogP contribution in [0.4, 0.5) is 5.69 Å². The van der Waals surface area contributed by atoms with Crippen molar-refractivity contribution in [1.29, 1.82) is 0 Å². The summed E-state index contributed by atoms with van der Waals surface area (Å²) in [5, 5.41) is 4.91. The maximum Gasteiger partial charge on any atom is 0.313 e. The average molecular weight is 343 g/mol. The third kappa shape index (κ3) is 3.47. The van der Waals surface area contributed by atoms with Crippen LogP contribution in [0.5, 0.6) is 11.5 Å². The van der Waals surface area contributed by atoms with Gasteiger partial charge in [-0.3, -0.25) is 14.4 Å². The Balaban J connectivity index is 1.66. The van der Waals surface area contributed by atoms with Crippen LogP contribution >= 0.6 is 0 Å². The maximum absolute atomic E-state index is 12.1. The Morgan fingerprint density at radius 3 is 2.72 bits per heavy atom. The van der Waals surface area contributed by atoms with Crippen molar-refractivity contribution < 1.29 is 19.1 Å². The van der Waals surface area contributed by atoms with Gasteiger partial charge in [-0.15, -0.1) is 0 Å². The van der Waals surface area contributed by atoms with Gasteiger partial charge in [-0.1, -0.05) is 6.07 Å². The first-order valence-corrected chi connectivity index (χ1v) is 7.63. The molecule has 130 valence electrons. The number of aryl methyl sites for hydroxylation is 1. The third-order valence-corrected chi connectivity index (χ3v) is 3.82. The van der Waals surface area contributed by atoms with Crippen molar-refractivity contribution in [3.8, 4) is 11.5 Å². The summed E-state index contributed by atoms with van der Waals surface area (Å²) in [6.45, 7) is 1.90. The highest BCUT2D eigenvalue weighted by Crippen LogP contribution is 2.34. The molecular weight excluding hydrogens is 326 g/mol.